The zero-order valence-electron chi connectivity index (χ0n) is 7.78. The van der Waals surface area contributed by atoms with Gasteiger partial charge in [-0.25, -0.2) is 9.78 Å². The number of nitrogens with zero attached hydrogens (tertiary/aromatic N) is 1. The van der Waals surface area contributed by atoms with Crippen LogP contribution in [0.5, 0.6) is 0 Å². The van der Waals surface area contributed by atoms with E-state index in [-0.39, 0.29) is 4.88 Å². The fraction of sp³-hybridized carbons (Fsp3) is 0. The lowest BCUT2D eigenvalue weighted by Crippen LogP contribution is -1.95. The van der Waals surface area contributed by atoms with Crippen LogP contribution in [0.3, 0.4) is 0 Å². The van der Waals surface area contributed by atoms with Gasteiger partial charge in [-0.15, -0.1) is 11.3 Å². The minimum atomic E-state index is -1.01. The molecule has 0 spiro atoms. The molecule has 0 aliphatic carbocycles. The van der Waals surface area contributed by atoms with Crippen molar-refractivity contribution in [1.29, 1.82) is 0 Å². The van der Waals surface area contributed by atoms with E-state index in [9.17, 15) is 4.79 Å². The highest BCUT2D eigenvalue weighted by atomic mass is 35.5. The summed E-state index contributed by atoms with van der Waals surface area (Å²) in [5.74, 6) is -1.01. The summed E-state index contributed by atoms with van der Waals surface area (Å²) in [6.07, 6.45) is 0. The first kappa shape index (κ1) is 11.4. The molecule has 3 nitrogen and oxygen atoms in total. The van der Waals surface area contributed by atoms with Crippen LogP contribution in [0.25, 0.3) is 11.3 Å². The maximum absolute atomic E-state index is 10.9. The summed E-state index contributed by atoms with van der Waals surface area (Å²) in [5.41, 5.74) is 2.42. The summed E-state index contributed by atoms with van der Waals surface area (Å²) >= 11 is 12.8. The van der Waals surface area contributed by atoms with E-state index in [4.69, 9.17) is 28.3 Å². The second-order valence-corrected chi connectivity index (χ2v) is 4.66. The molecule has 0 amide bonds. The number of carboxylic acids is 1. The van der Waals surface area contributed by atoms with E-state index in [1.165, 1.54) is 5.51 Å². The number of carbonyl (C=O) groups is 1. The third kappa shape index (κ3) is 2.04. The number of benzene rings is 1. The maximum Gasteiger partial charge on any atom is 0.348 e. The van der Waals surface area contributed by atoms with Gasteiger partial charge in [-0.2, -0.15) is 0 Å². The highest BCUT2D eigenvalue weighted by Gasteiger charge is 2.17. The summed E-state index contributed by atoms with van der Waals surface area (Å²) < 4.78 is 0. The van der Waals surface area contributed by atoms with Gasteiger partial charge in [-0.1, -0.05) is 23.2 Å². The van der Waals surface area contributed by atoms with Gasteiger partial charge >= 0.3 is 5.97 Å². The van der Waals surface area contributed by atoms with E-state index >= 15 is 0 Å². The molecule has 0 aliphatic heterocycles. The lowest BCUT2D eigenvalue weighted by atomic mass is 10.1. The summed E-state index contributed by atoms with van der Waals surface area (Å²) in [4.78, 5) is 15.1. The standard InChI is InChI=1S/C10H5Cl2NO2S/c11-5-1-2-6(7(12)3-5)8-9(10(14)15)16-4-13-8/h1-4H,(H,14,15). The largest absolute Gasteiger partial charge is 0.477 e. The minimum absolute atomic E-state index is 0.171. The van der Waals surface area contributed by atoms with Gasteiger partial charge < -0.3 is 5.11 Å². The van der Waals surface area contributed by atoms with E-state index in [2.05, 4.69) is 4.98 Å². The maximum atomic E-state index is 10.9. The molecular formula is C10H5Cl2NO2S. The Morgan fingerprint density at radius 1 is 1.38 bits per heavy atom. The molecule has 2 rings (SSSR count). The molecule has 0 saturated heterocycles. The lowest BCUT2D eigenvalue weighted by Gasteiger charge is -2.02. The highest BCUT2D eigenvalue weighted by Crippen LogP contribution is 2.32. The zero-order valence-corrected chi connectivity index (χ0v) is 10.1. The molecule has 0 radical (unpaired) electrons. The smallest absolute Gasteiger partial charge is 0.348 e. The van der Waals surface area contributed by atoms with Crippen LogP contribution in [0.1, 0.15) is 9.67 Å². The van der Waals surface area contributed by atoms with E-state index in [0.29, 0.717) is 21.3 Å². The molecule has 82 valence electrons. The van der Waals surface area contributed by atoms with Crippen molar-refractivity contribution in [2.45, 2.75) is 0 Å². The number of aromatic carboxylic acids is 1. The van der Waals surface area contributed by atoms with E-state index in [1.807, 2.05) is 0 Å². The van der Waals surface area contributed by atoms with Crippen LogP contribution in [0, 0.1) is 0 Å². The van der Waals surface area contributed by atoms with Crippen molar-refractivity contribution in [3.63, 3.8) is 0 Å². The molecular weight excluding hydrogens is 269 g/mol. The number of aromatic nitrogens is 1. The quantitative estimate of drug-likeness (QED) is 0.905. The molecule has 16 heavy (non-hydrogen) atoms. The summed E-state index contributed by atoms with van der Waals surface area (Å²) in [7, 11) is 0. The van der Waals surface area contributed by atoms with Crippen LogP contribution in [0.15, 0.2) is 23.7 Å². The molecule has 1 N–H and O–H groups in total. The monoisotopic (exact) mass is 273 g/mol. The number of hydrogen-bond acceptors (Lipinski definition) is 3. The summed E-state index contributed by atoms with van der Waals surface area (Å²) in [6.45, 7) is 0. The lowest BCUT2D eigenvalue weighted by molar-refractivity contribution is 0.0702. The van der Waals surface area contributed by atoms with Gasteiger partial charge in [0.05, 0.1) is 16.2 Å². The van der Waals surface area contributed by atoms with E-state index < -0.39 is 5.97 Å². The Morgan fingerprint density at radius 2 is 2.12 bits per heavy atom. The number of carboxylic acid groups (broad SMARTS) is 1. The first-order valence-corrected chi connectivity index (χ1v) is 5.85. The van der Waals surface area contributed by atoms with Crippen LogP contribution in [-0.2, 0) is 0 Å². The van der Waals surface area contributed by atoms with Crippen molar-refractivity contribution in [2.75, 3.05) is 0 Å². The van der Waals surface area contributed by atoms with Crippen LogP contribution in [0.4, 0.5) is 0 Å². The molecule has 0 atom stereocenters. The van der Waals surface area contributed by atoms with E-state index in [0.717, 1.165) is 11.3 Å². The molecule has 1 aromatic heterocycles. The van der Waals surface area contributed by atoms with Gasteiger partial charge in [0.2, 0.25) is 0 Å². The Hall–Kier alpha value is -1.10. The second-order valence-electron chi connectivity index (χ2n) is 2.96. The summed E-state index contributed by atoms with van der Waals surface area (Å²) in [5, 5.41) is 9.85. The van der Waals surface area contributed by atoms with Crippen LogP contribution >= 0.6 is 34.5 Å². The highest BCUT2D eigenvalue weighted by molar-refractivity contribution is 7.12. The summed E-state index contributed by atoms with van der Waals surface area (Å²) in [6, 6.07) is 4.86. The number of halogens is 2. The van der Waals surface area contributed by atoms with Crippen molar-refractivity contribution in [1.82, 2.24) is 4.98 Å². The Labute approximate surface area is 105 Å². The predicted octanol–water partition coefficient (Wildman–Crippen LogP) is 3.82. The minimum Gasteiger partial charge on any atom is -0.477 e. The average molecular weight is 274 g/mol. The molecule has 0 fully saturated rings. The molecule has 0 aliphatic rings. The Morgan fingerprint density at radius 3 is 2.75 bits per heavy atom. The fourth-order valence-corrected chi connectivity index (χ4v) is 2.41. The Bertz CT molecular complexity index is 554. The molecule has 0 bridgehead atoms. The van der Waals surface area contributed by atoms with Crippen LogP contribution < -0.4 is 0 Å². The number of hydrogen-bond donors (Lipinski definition) is 1. The zero-order chi connectivity index (χ0) is 11.7. The van der Waals surface area contributed by atoms with Crippen molar-refractivity contribution in [3.05, 3.63) is 38.6 Å². The molecule has 0 unspecified atom stereocenters. The topological polar surface area (TPSA) is 50.2 Å². The Balaban J connectivity index is 2.59. The SMILES string of the molecule is O=C(O)c1scnc1-c1ccc(Cl)cc1Cl. The van der Waals surface area contributed by atoms with Gasteiger partial charge in [-0.3, -0.25) is 0 Å². The fourth-order valence-electron chi connectivity index (χ4n) is 1.27. The molecule has 0 saturated carbocycles. The van der Waals surface area contributed by atoms with Gasteiger partial charge in [0.1, 0.15) is 4.88 Å². The normalized spacial score (nSPS) is 10.4. The third-order valence-electron chi connectivity index (χ3n) is 1.95. The van der Waals surface area contributed by atoms with Crippen molar-refractivity contribution < 1.29 is 9.90 Å². The van der Waals surface area contributed by atoms with E-state index in [1.54, 1.807) is 18.2 Å². The molecule has 1 aromatic carbocycles. The third-order valence-corrected chi connectivity index (χ3v) is 3.31. The first-order chi connectivity index (χ1) is 7.59. The Kier molecular flexibility index (Phi) is 3.14. The van der Waals surface area contributed by atoms with Gasteiger partial charge in [0.25, 0.3) is 0 Å². The van der Waals surface area contributed by atoms with Crippen molar-refractivity contribution in [3.8, 4) is 11.3 Å². The molecule has 2 aromatic rings. The number of rotatable bonds is 2. The molecule has 1 heterocycles. The van der Waals surface area contributed by atoms with Crippen molar-refractivity contribution in [2.24, 2.45) is 0 Å². The average Bonchev–Trinajstić information content (AvgIpc) is 2.66. The van der Waals surface area contributed by atoms with Crippen molar-refractivity contribution >= 4 is 40.5 Å². The van der Waals surface area contributed by atoms with Gasteiger partial charge in [-0.05, 0) is 18.2 Å². The predicted molar refractivity (Wildman–Crippen MR) is 64.5 cm³/mol. The number of thiazole rings is 1. The molecule has 6 heteroatoms. The first-order valence-electron chi connectivity index (χ1n) is 4.22. The van der Waals surface area contributed by atoms with Crippen LogP contribution in [0.2, 0.25) is 10.0 Å². The van der Waals surface area contributed by atoms with Crippen LogP contribution in [-0.4, -0.2) is 16.1 Å². The van der Waals surface area contributed by atoms with Gasteiger partial charge in [0, 0.05) is 10.6 Å². The second kappa shape index (κ2) is 4.41. The van der Waals surface area contributed by atoms with Gasteiger partial charge in [0.15, 0.2) is 0 Å².